The molecule has 0 saturated heterocycles. The van der Waals surface area contributed by atoms with Crippen LogP contribution in [0, 0.1) is 0 Å². The van der Waals surface area contributed by atoms with Gasteiger partial charge in [-0.3, -0.25) is 9.48 Å². The molecule has 0 aromatic carbocycles. The van der Waals surface area contributed by atoms with Gasteiger partial charge in [0.25, 0.3) is 0 Å². The predicted molar refractivity (Wildman–Crippen MR) is 63.5 cm³/mol. The van der Waals surface area contributed by atoms with Gasteiger partial charge in [-0.15, -0.1) is 0 Å². The third-order valence-corrected chi connectivity index (χ3v) is 2.16. The number of nitrogens with one attached hydrogen (secondary N) is 1. The second-order valence-corrected chi connectivity index (χ2v) is 3.44. The zero-order chi connectivity index (χ0) is 12.7. The van der Waals surface area contributed by atoms with E-state index in [-0.39, 0.29) is 12.4 Å². The molecule has 0 spiro atoms. The van der Waals surface area contributed by atoms with E-state index in [2.05, 4.69) is 10.4 Å². The summed E-state index contributed by atoms with van der Waals surface area (Å²) in [5.41, 5.74) is 0. The Morgan fingerprint density at radius 1 is 1.53 bits per heavy atom. The fourth-order valence-corrected chi connectivity index (χ4v) is 1.40. The van der Waals surface area contributed by atoms with Crippen molar-refractivity contribution >= 4 is 11.8 Å². The first-order valence-corrected chi connectivity index (χ1v) is 5.69. The van der Waals surface area contributed by atoms with Gasteiger partial charge in [-0.2, -0.15) is 5.10 Å². The van der Waals surface area contributed by atoms with Gasteiger partial charge >= 0.3 is 5.97 Å². The topological polar surface area (TPSA) is 65.4 Å². The van der Waals surface area contributed by atoms with Crippen LogP contribution in [0.2, 0.25) is 0 Å². The lowest BCUT2D eigenvalue weighted by molar-refractivity contribution is -0.145. The number of hydrogen-bond donors (Lipinski definition) is 1. The van der Waals surface area contributed by atoms with Crippen LogP contribution in [-0.2, 0) is 21.3 Å². The van der Waals surface area contributed by atoms with Crippen LogP contribution in [0.1, 0.15) is 20.3 Å². The fraction of sp³-hybridized carbons (Fsp3) is 0.636. The first kappa shape index (κ1) is 13.5. The maximum absolute atomic E-state index is 11.4. The molecule has 0 aliphatic rings. The molecule has 0 saturated carbocycles. The molecular weight excluding hydrogens is 222 g/mol. The molecule has 1 aromatic rings. The molecule has 17 heavy (non-hydrogen) atoms. The van der Waals surface area contributed by atoms with Crippen molar-refractivity contribution in [2.45, 2.75) is 26.5 Å². The van der Waals surface area contributed by atoms with Crippen LogP contribution in [0.15, 0.2) is 12.3 Å². The van der Waals surface area contributed by atoms with E-state index in [1.54, 1.807) is 17.8 Å². The van der Waals surface area contributed by atoms with E-state index in [1.165, 1.54) is 0 Å². The summed E-state index contributed by atoms with van der Waals surface area (Å²) >= 11 is 0. The van der Waals surface area contributed by atoms with Crippen molar-refractivity contribution in [3.8, 4) is 0 Å². The Labute approximate surface area is 101 Å². The highest BCUT2D eigenvalue weighted by molar-refractivity contribution is 5.70. The van der Waals surface area contributed by atoms with E-state index in [9.17, 15) is 4.79 Å². The van der Waals surface area contributed by atoms with Gasteiger partial charge in [-0.25, -0.2) is 0 Å². The van der Waals surface area contributed by atoms with Crippen molar-refractivity contribution in [2.75, 3.05) is 18.5 Å². The number of anilines is 1. The van der Waals surface area contributed by atoms with Gasteiger partial charge in [0, 0.05) is 19.7 Å². The van der Waals surface area contributed by atoms with Crippen LogP contribution >= 0.6 is 0 Å². The van der Waals surface area contributed by atoms with E-state index in [4.69, 9.17) is 9.47 Å². The van der Waals surface area contributed by atoms with Crippen molar-refractivity contribution in [3.05, 3.63) is 12.3 Å². The van der Waals surface area contributed by atoms with Gasteiger partial charge < -0.3 is 14.8 Å². The van der Waals surface area contributed by atoms with E-state index in [1.807, 2.05) is 20.0 Å². The summed E-state index contributed by atoms with van der Waals surface area (Å²) in [6, 6.07) is 1.82. The summed E-state index contributed by atoms with van der Waals surface area (Å²) in [7, 11) is 1.82. The molecule has 1 heterocycles. The smallest absolute Gasteiger partial charge is 0.310 e. The average Bonchev–Trinajstić information content (AvgIpc) is 2.65. The monoisotopic (exact) mass is 241 g/mol. The van der Waals surface area contributed by atoms with Gasteiger partial charge in [-0.05, 0) is 13.8 Å². The number of esters is 1. The molecule has 1 aromatic heterocycles. The van der Waals surface area contributed by atoms with E-state index in [0.29, 0.717) is 13.2 Å². The second kappa shape index (κ2) is 6.90. The molecule has 0 unspecified atom stereocenters. The van der Waals surface area contributed by atoms with Crippen molar-refractivity contribution < 1.29 is 14.3 Å². The first-order chi connectivity index (χ1) is 8.17. The predicted octanol–water partition coefficient (Wildman–Crippen LogP) is 1.15. The highest BCUT2D eigenvalue weighted by atomic mass is 16.5. The summed E-state index contributed by atoms with van der Waals surface area (Å²) < 4.78 is 12.0. The summed E-state index contributed by atoms with van der Waals surface area (Å²) in [6.45, 7) is 4.56. The second-order valence-electron chi connectivity index (χ2n) is 3.44. The molecule has 1 atom stereocenters. The Hall–Kier alpha value is -1.56. The highest BCUT2D eigenvalue weighted by Gasteiger charge is 2.15. The number of aryl methyl sites for hydroxylation is 1. The van der Waals surface area contributed by atoms with Crippen molar-refractivity contribution in [3.63, 3.8) is 0 Å². The lowest BCUT2D eigenvalue weighted by Gasteiger charge is -2.18. The largest absolute Gasteiger partial charge is 0.466 e. The van der Waals surface area contributed by atoms with Crippen LogP contribution in [0.25, 0.3) is 0 Å². The molecule has 0 bridgehead atoms. The molecule has 0 aliphatic carbocycles. The molecule has 0 aliphatic heterocycles. The highest BCUT2D eigenvalue weighted by Crippen LogP contribution is 2.09. The SMILES string of the molecule is CCOC(=O)C[C@H](Nc1ccnn1C)OCC. The van der Waals surface area contributed by atoms with Crippen LogP contribution in [0.3, 0.4) is 0 Å². The quantitative estimate of drug-likeness (QED) is 0.573. The Morgan fingerprint density at radius 3 is 2.82 bits per heavy atom. The van der Waals surface area contributed by atoms with Gasteiger partial charge in [0.2, 0.25) is 0 Å². The lowest BCUT2D eigenvalue weighted by Crippen LogP contribution is -2.28. The maximum Gasteiger partial charge on any atom is 0.310 e. The van der Waals surface area contributed by atoms with Gasteiger partial charge in [0.05, 0.1) is 19.2 Å². The molecular formula is C11H19N3O3. The summed E-state index contributed by atoms with van der Waals surface area (Å²) in [4.78, 5) is 11.4. The van der Waals surface area contributed by atoms with Crippen LogP contribution < -0.4 is 5.32 Å². The van der Waals surface area contributed by atoms with Gasteiger partial charge in [-0.1, -0.05) is 0 Å². The first-order valence-electron chi connectivity index (χ1n) is 5.69. The summed E-state index contributed by atoms with van der Waals surface area (Å²) in [5.74, 6) is 0.522. The zero-order valence-corrected chi connectivity index (χ0v) is 10.5. The van der Waals surface area contributed by atoms with E-state index >= 15 is 0 Å². The minimum atomic E-state index is -0.394. The molecule has 0 fully saturated rings. The molecule has 1 N–H and O–H groups in total. The molecule has 1 rings (SSSR count). The van der Waals surface area contributed by atoms with Crippen molar-refractivity contribution in [2.24, 2.45) is 7.05 Å². The lowest BCUT2D eigenvalue weighted by atomic mass is 10.3. The van der Waals surface area contributed by atoms with Crippen LogP contribution in [-0.4, -0.2) is 35.2 Å². The Morgan fingerprint density at radius 2 is 2.29 bits per heavy atom. The Balaban J connectivity index is 2.54. The maximum atomic E-state index is 11.4. The summed E-state index contributed by atoms with van der Waals surface area (Å²) in [6.07, 6.45) is 1.46. The average molecular weight is 241 g/mol. The number of nitrogens with zero attached hydrogens (tertiary/aromatic N) is 2. The number of aromatic nitrogens is 2. The number of ether oxygens (including phenoxy) is 2. The number of rotatable bonds is 7. The standard InChI is InChI=1S/C11H19N3O3/c1-4-16-10(8-11(15)17-5-2)13-9-6-7-12-14(9)3/h6-7,10,13H,4-5,8H2,1-3H3/t10-/m1/s1. The number of carbonyl (C=O) groups is 1. The van der Waals surface area contributed by atoms with E-state index < -0.39 is 6.23 Å². The van der Waals surface area contributed by atoms with Crippen LogP contribution in [0.5, 0.6) is 0 Å². The minimum absolute atomic E-state index is 0.173. The van der Waals surface area contributed by atoms with Crippen LogP contribution in [0.4, 0.5) is 5.82 Å². The molecule has 0 radical (unpaired) electrons. The molecule has 96 valence electrons. The number of carbonyl (C=O) groups excluding carboxylic acids is 1. The third kappa shape index (κ3) is 4.44. The fourth-order valence-electron chi connectivity index (χ4n) is 1.40. The normalized spacial score (nSPS) is 12.2. The zero-order valence-electron chi connectivity index (χ0n) is 10.5. The molecule has 0 amide bonds. The molecule has 6 heteroatoms. The van der Waals surface area contributed by atoms with E-state index in [0.717, 1.165) is 5.82 Å². The van der Waals surface area contributed by atoms with Gasteiger partial charge in [0.15, 0.2) is 0 Å². The number of hydrogen-bond acceptors (Lipinski definition) is 5. The van der Waals surface area contributed by atoms with Crippen molar-refractivity contribution in [1.82, 2.24) is 9.78 Å². The summed E-state index contributed by atoms with van der Waals surface area (Å²) in [5, 5.41) is 7.12. The third-order valence-electron chi connectivity index (χ3n) is 2.16. The Kier molecular flexibility index (Phi) is 5.48. The molecule has 6 nitrogen and oxygen atoms in total. The Bertz CT molecular complexity index is 351. The van der Waals surface area contributed by atoms with Gasteiger partial charge in [0.1, 0.15) is 12.0 Å². The van der Waals surface area contributed by atoms with Crippen molar-refractivity contribution in [1.29, 1.82) is 0 Å². The minimum Gasteiger partial charge on any atom is -0.466 e.